The second-order valence-electron chi connectivity index (χ2n) is 6.54. The Labute approximate surface area is 196 Å². The van der Waals surface area contributed by atoms with Gasteiger partial charge in [0.2, 0.25) is 0 Å². The van der Waals surface area contributed by atoms with Crippen molar-refractivity contribution < 1.29 is 22.9 Å². The van der Waals surface area contributed by atoms with Crippen LogP contribution in [0.3, 0.4) is 0 Å². The molecule has 2 amide bonds. The molecule has 3 aromatic rings. The SMILES string of the molecule is CS(=O)c1ccc(C(=O)Nc2c(F)ccnc2C(=O)Nc2ccc(Cl)cn2)c(OCCN)c1. The van der Waals surface area contributed by atoms with Crippen molar-refractivity contribution in [1.82, 2.24) is 9.97 Å². The molecule has 12 heteroatoms. The Balaban J connectivity index is 1.90. The van der Waals surface area contributed by atoms with Crippen LogP contribution in [0, 0.1) is 5.82 Å². The van der Waals surface area contributed by atoms with Crippen molar-refractivity contribution in [2.24, 2.45) is 5.73 Å². The Bertz CT molecular complexity index is 1210. The van der Waals surface area contributed by atoms with Crippen LogP contribution in [0.15, 0.2) is 53.7 Å². The molecule has 33 heavy (non-hydrogen) atoms. The highest BCUT2D eigenvalue weighted by Crippen LogP contribution is 2.25. The molecule has 0 saturated heterocycles. The Morgan fingerprint density at radius 2 is 1.94 bits per heavy atom. The minimum atomic E-state index is -1.32. The van der Waals surface area contributed by atoms with Gasteiger partial charge in [0.1, 0.15) is 23.9 Å². The number of hydrogen-bond acceptors (Lipinski definition) is 7. The smallest absolute Gasteiger partial charge is 0.277 e. The molecule has 1 aromatic carbocycles. The van der Waals surface area contributed by atoms with Gasteiger partial charge < -0.3 is 21.1 Å². The number of carbonyl (C=O) groups excluding carboxylic acids is 2. The number of ether oxygens (including phenoxy) is 1. The van der Waals surface area contributed by atoms with Gasteiger partial charge in [-0.25, -0.2) is 14.4 Å². The third-order valence-corrected chi connectivity index (χ3v) is 5.37. The largest absolute Gasteiger partial charge is 0.491 e. The quantitative estimate of drug-likeness (QED) is 0.440. The lowest BCUT2D eigenvalue weighted by atomic mass is 10.1. The standard InChI is InChI=1S/C21H19ClFN5O4S/c1-33(31)13-3-4-14(16(10-13)32-9-7-24)20(29)28-18-15(23)6-8-25-19(18)21(30)27-17-5-2-12(22)11-26-17/h2-6,8,10-11H,7,9,24H2,1H3,(H,28,29)(H,26,27,30). The third-order valence-electron chi connectivity index (χ3n) is 4.23. The van der Waals surface area contributed by atoms with E-state index in [0.717, 1.165) is 12.3 Å². The Kier molecular flexibility index (Phi) is 8.04. The zero-order valence-electron chi connectivity index (χ0n) is 17.3. The van der Waals surface area contributed by atoms with E-state index in [4.69, 9.17) is 22.1 Å². The second kappa shape index (κ2) is 10.9. The van der Waals surface area contributed by atoms with E-state index in [1.807, 2.05) is 0 Å². The normalized spacial score (nSPS) is 11.5. The van der Waals surface area contributed by atoms with E-state index in [1.165, 1.54) is 42.8 Å². The second-order valence-corrected chi connectivity index (χ2v) is 8.35. The van der Waals surface area contributed by atoms with Gasteiger partial charge in [-0.2, -0.15) is 0 Å². The predicted molar refractivity (Wildman–Crippen MR) is 123 cm³/mol. The van der Waals surface area contributed by atoms with Crippen molar-refractivity contribution in [1.29, 1.82) is 0 Å². The molecule has 0 aliphatic rings. The van der Waals surface area contributed by atoms with Gasteiger partial charge in [0.05, 0.1) is 10.6 Å². The van der Waals surface area contributed by atoms with Crippen LogP contribution < -0.4 is 21.1 Å². The molecule has 172 valence electrons. The van der Waals surface area contributed by atoms with E-state index in [2.05, 4.69) is 20.6 Å². The van der Waals surface area contributed by atoms with Crippen molar-refractivity contribution in [3.05, 3.63) is 70.9 Å². The summed E-state index contributed by atoms with van der Waals surface area (Å²) >= 11 is 5.78. The van der Waals surface area contributed by atoms with E-state index < -0.39 is 34.1 Å². The van der Waals surface area contributed by atoms with Crippen molar-refractivity contribution >= 4 is 45.7 Å². The number of pyridine rings is 2. The lowest BCUT2D eigenvalue weighted by Crippen LogP contribution is -2.22. The third kappa shape index (κ3) is 6.09. The minimum Gasteiger partial charge on any atom is -0.491 e. The van der Waals surface area contributed by atoms with E-state index in [0.29, 0.717) is 9.92 Å². The summed E-state index contributed by atoms with van der Waals surface area (Å²) in [4.78, 5) is 33.9. The average molecular weight is 492 g/mol. The first-order chi connectivity index (χ1) is 15.8. The van der Waals surface area contributed by atoms with Crippen molar-refractivity contribution in [3.63, 3.8) is 0 Å². The summed E-state index contributed by atoms with van der Waals surface area (Å²) in [5, 5.41) is 5.21. The number of amides is 2. The molecule has 0 aliphatic carbocycles. The maximum absolute atomic E-state index is 14.6. The van der Waals surface area contributed by atoms with E-state index in [1.54, 1.807) is 0 Å². The van der Waals surface area contributed by atoms with Crippen LogP contribution in [0.5, 0.6) is 5.75 Å². The summed E-state index contributed by atoms with van der Waals surface area (Å²) in [7, 11) is -1.32. The first-order valence-electron chi connectivity index (χ1n) is 9.49. The Morgan fingerprint density at radius 1 is 1.15 bits per heavy atom. The molecule has 0 bridgehead atoms. The van der Waals surface area contributed by atoms with Crippen LogP contribution in [0.2, 0.25) is 5.02 Å². The molecule has 9 nitrogen and oxygen atoms in total. The van der Waals surface area contributed by atoms with Gasteiger partial charge in [-0.3, -0.25) is 13.8 Å². The van der Waals surface area contributed by atoms with Crippen LogP contribution in [0.25, 0.3) is 0 Å². The number of aromatic nitrogens is 2. The lowest BCUT2D eigenvalue weighted by molar-refractivity contribution is 0.102. The van der Waals surface area contributed by atoms with Crippen LogP contribution in [-0.4, -0.2) is 45.4 Å². The number of carbonyl (C=O) groups is 2. The summed E-state index contributed by atoms with van der Waals surface area (Å²) in [6.45, 7) is 0.282. The monoisotopic (exact) mass is 491 g/mol. The number of rotatable bonds is 8. The molecule has 0 saturated carbocycles. The van der Waals surface area contributed by atoms with Crippen molar-refractivity contribution in [2.45, 2.75) is 4.90 Å². The summed E-state index contributed by atoms with van der Waals surface area (Å²) in [6, 6.07) is 8.30. The number of nitrogens with one attached hydrogen (secondary N) is 2. The topological polar surface area (TPSA) is 136 Å². The maximum atomic E-state index is 14.6. The van der Waals surface area contributed by atoms with Crippen LogP contribution in [-0.2, 0) is 10.8 Å². The van der Waals surface area contributed by atoms with Gasteiger partial charge in [-0.15, -0.1) is 0 Å². The zero-order chi connectivity index (χ0) is 24.0. The number of benzene rings is 1. The highest BCUT2D eigenvalue weighted by Gasteiger charge is 2.22. The summed E-state index contributed by atoms with van der Waals surface area (Å²) in [5.74, 6) is -2.15. The molecule has 1 atom stereocenters. The first kappa shape index (κ1) is 24.2. The number of hydrogen-bond donors (Lipinski definition) is 3. The molecule has 4 N–H and O–H groups in total. The molecule has 2 heterocycles. The van der Waals surface area contributed by atoms with Gasteiger partial charge in [-0.05, 0) is 36.4 Å². The van der Waals surface area contributed by atoms with Crippen molar-refractivity contribution in [2.75, 3.05) is 30.0 Å². The molecule has 1 unspecified atom stereocenters. The van der Waals surface area contributed by atoms with Crippen molar-refractivity contribution in [3.8, 4) is 5.75 Å². The highest BCUT2D eigenvalue weighted by atomic mass is 35.5. The Morgan fingerprint density at radius 3 is 2.61 bits per heavy atom. The molecular weight excluding hydrogens is 473 g/mol. The predicted octanol–water partition coefficient (Wildman–Crippen LogP) is 2.85. The van der Waals surface area contributed by atoms with E-state index in [9.17, 15) is 18.2 Å². The van der Waals surface area contributed by atoms with Crippen LogP contribution in [0.4, 0.5) is 15.9 Å². The number of nitrogens with two attached hydrogens (primary N) is 1. The summed E-state index contributed by atoms with van der Waals surface area (Å²) in [6.07, 6.45) is 3.90. The molecular formula is C21H19ClFN5O4S. The van der Waals surface area contributed by atoms with Gasteiger partial charge in [0, 0.05) is 40.9 Å². The summed E-state index contributed by atoms with van der Waals surface area (Å²) in [5.41, 5.74) is 4.71. The van der Waals surface area contributed by atoms with Gasteiger partial charge >= 0.3 is 0 Å². The molecule has 0 fully saturated rings. The van der Waals surface area contributed by atoms with Gasteiger partial charge in [-0.1, -0.05) is 11.6 Å². The molecule has 2 aromatic heterocycles. The molecule has 0 radical (unpaired) electrons. The molecule has 3 rings (SSSR count). The minimum absolute atomic E-state index is 0.0339. The zero-order valence-corrected chi connectivity index (χ0v) is 18.9. The van der Waals surface area contributed by atoms with Gasteiger partial charge in [0.15, 0.2) is 11.5 Å². The maximum Gasteiger partial charge on any atom is 0.277 e. The fraction of sp³-hybridized carbons (Fsp3) is 0.143. The highest BCUT2D eigenvalue weighted by molar-refractivity contribution is 7.84. The van der Waals surface area contributed by atoms with E-state index >= 15 is 0 Å². The molecule has 0 aliphatic heterocycles. The molecule has 0 spiro atoms. The lowest BCUT2D eigenvalue weighted by Gasteiger charge is -2.14. The Hall–Kier alpha value is -3.41. The first-order valence-corrected chi connectivity index (χ1v) is 11.4. The fourth-order valence-electron chi connectivity index (χ4n) is 2.69. The van der Waals surface area contributed by atoms with Crippen LogP contribution >= 0.6 is 11.6 Å². The average Bonchev–Trinajstić information content (AvgIpc) is 2.80. The number of halogens is 2. The van der Waals surface area contributed by atoms with Gasteiger partial charge in [0.25, 0.3) is 11.8 Å². The fourth-order valence-corrected chi connectivity index (χ4v) is 3.34. The summed E-state index contributed by atoms with van der Waals surface area (Å²) < 4.78 is 31.9. The van der Waals surface area contributed by atoms with E-state index in [-0.39, 0.29) is 36.0 Å². The number of nitrogens with zero attached hydrogens (tertiary/aromatic N) is 2. The van der Waals surface area contributed by atoms with Crippen LogP contribution in [0.1, 0.15) is 20.8 Å². The number of anilines is 2.